The smallest absolute Gasteiger partial charge is 0.138 e. The normalized spacial score (nSPS) is 12.6. The van der Waals surface area contributed by atoms with Gasteiger partial charge in [-0.15, -0.1) is 0 Å². The van der Waals surface area contributed by atoms with Crippen molar-refractivity contribution in [3.63, 3.8) is 0 Å². The summed E-state index contributed by atoms with van der Waals surface area (Å²) in [6.45, 7) is 7.09. The van der Waals surface area contributed by atoms with E-state index in [0.29, 0.717) is 0 Å². The van der Waals surface area contributed by atoms with Gasteiger partial charge in [-0.2, -0.15) is 5.10 Å². The number of nitrogens with zero attached hydrogens (tertiary/aromatic N) is 3. The highest BCUT2D eigenvalue weighted by molar-refractivity contribution is 5.36. The minimum atomic E-state index is 0.0516. The molecule has 5 nitrogen and oxygen atoms in total. The number of nitrogens with one attached hydrogen (secondary N) is 1. The molecule has 0 bridgehead atoms. The molecule has 0 aliphatic heterocycles. The van der Waals surface area contributed by atoms with Gasteiger partial charge < -0.3 is 0 Å². The molecule has 3 N–H and O–H groups in total. The summed E-state index contributed by atoms with van der Waals surface area (Å²) < 4.78 is 1.90. The first-order valence-corrected chi connectivity index (χ1v) is 6.56. The molecule has 0 aliphatic carbocycles. The fourth-order valence-corrected chi connectivity index (χ4v) is 2.51. The average Bonchev–Trinajstić information content (AvgIpc) is 2.84. The first-order valence-electron chi connectivity index (χ1n) is 6.56. The maximum Gasteiger partial charge on any atom is 0.138 e. The maximum atomic E-state index is 5.74. The van der Waals surface area contributed by atoms with Crippen LogP contribution in [0.15, 0.2) is 24.5 Å². The number of rotatable bonds is 5. The molecule has 0 spiro atoms. The van der Waals surface area contributed by atoms with Crippen LogP contribution < -0.4 is 11.3 Å². The second-order valence-corrected chi connectivity index (χ2v) is 4.72. The lowest BCUT2D eigenvalue weighted by molar-refractivity contribution is 0.507. The monoisotopic (exact) mass is 259 g/mol. The minimum Gasteiger partial charge on any atom is -0.271 e. The Labute approximate surface area is 113 Å². The van der Waals surface area contributed by atoms with Gasteiger partial charge in [0.25, 0.3) is 0 Å². The number of hydrogen-bond donors (Lipinski definition) is 2. The fraction of sp³-hybridized carbons (Fsp3) is 0.429. The van der Waals surface area contributed by atoms with Gasteiger partial charge in [-0.3, -0.25) is 16.0 Å². The van der Waals surface area contributed by atoms with Gasteiger partial charge in [0.05, 0.1) is 6.04 Å². The van der Waals surface area contributed by atoms with E-state index in [1.807, 2.05) is 4.68 Å². The van der Waals surface area contributed by atoms with Crippen LogP contribution >= 0.6 is 0 Å². The van der Waals surface area contributed by atoms with Crippen molar-refractivity contribution in [1.29, 1.82) is 0 Å². The Hall–Kier alpha value is -1.72. The largest absolute Gasteiger partial charge is 0.271 e. The lowest BCUT2D eigenvalue weighted by Gasteiger charge is -2.20. The van der Waals surface area contributed by atoms with Crippen molar-refractivity contribution in [3.05, 3.63) is 47.0 Å². The molecule has 1 unspecified atom stereocenters. The van der Waals surface area contributed by atoms with Crippen molar-refractivity contribution in [1.82, 2.24) is 20.2 Å². The van der Waals surface area contributed by atoms with E-state index < -0.39 is 0 Å². The summed E-state index contributed by atoms with van der Waals surface area (Å²) in [5.74, 6) is 6.70. The van der Waals surface area contributed by atoms with Crippen LogP contribution in [0.3, 0.4) is 0 Å². The maximum absolute atomic E-state index is 5.74. The Kier molecular flexibility index (Phi) is 4.29. The van der Waals surface area contributed by atoms with Gasteiger partial charge in [0.1, 0.15) is 12.2 Å². The van der Waals surface area contributed by atoms with Crippen molar-refractivity contribution >= 4 is 0 Å². The molecule has 0 saturated carbocycles. The second kappa shape index (κ2) is 5.95. The van der Waals surface area contributed by atoms with Gasteiger partial charge in [0.2, 0.25) is 0 Å². The van der Waals surface area contributed by atoms with E-state index in [2.05, 4.69) is 54.5 Å². The topological polar surface area (TPSA) is 68.8 Å². The number of hydrazine groups is 1. The molecule has 0 fully saturated rings. The third-order valence-corrected chi connectivity index (χ3v) is 3.47. The van der Waals surface area contributed by atoms with E-state index in [0.717, 1.165) is 18.8 Å². The van der Waals surface area contributed by atoms with E-state index >= 15 is 0 Å². The molecular formula is C14H21N5. The van der Waals surface area contributed by atoms with E-state index in [1.54, 1.807) is 6.33 Å². The quantitative estimate of drug-likeness (QED) is 0.633. The Morgan fingerprint density at radius 1 is 1.32 bits per heavy atom. The van der Waals surface area contributed by atoms with Crippen LogP contribution in [-0.4, -0.2) is 14.8 Å². The highest BCUT2D eigenvalue weighted by Crippen LogP contribution is 2.23. The van der Waals surface area contributed by atoms with Gasteiger partial charge >= 0.3 is 0 Å². The van der Waals surface area contributed by atoms with Crippen molar-refractivity contribution in [2.24, 2.45) is 5.84 Å². The average molecular weight is 259 g/mol. The molecule has 19 heavy (non-hydrogen) atoms. The zero-order valence-corrected chi connectivity index (χ0v) is 11.7. The summed E-state index contributed by atoms with van der Waals surface area (Å²) in [4.78, 5) is 4.32. The summed E-state index contributed by atoms with van der Waals surface area (Å²) in [6.07, 6.45) is 2.33. The molecule has 5 heteroatoms. The molecule has 0 radical (unpaired) electrons. The van der Waals surface area contributed by atoms with Gasteiger partial charge in [-0.1, -0.05) is 18.2 Å². The second-order valence-electron chi connectivity index (χ2n) is 4.72. The summed E-state index contributed by atoms with van der Waals surface area (Å²) in [6, 6.07) is 6.33. The molecule has 0 amide bonds. The number of benzene rings is 1. The Bertz CT molecular complexity index is 526. The van der Waals surface area contributed by atoms with Gasteiger partial charge in [0.15, 0.2) is 0 Å². The molecule has 1 aromatic carbocycles. The summed E-state index contributed by atoms with van der Waals surface area (Å²) in [7, 11) is 0. The van der Waals surface area contributed by atoms with Crippen molar-refractivity contribution in [2.75, 3.05) is 0 Å². The minimum absolute atomic E-state index is 0.0516. The third-order valence-electron chi connectivity index (χ3n) is 3.47. The van der Waals surface area contributed by atoms with Gasteiger partial charge in [-0.05, 0) is 37.5 Å². The number of nitrogens with two attached hydrogens (primary N) is 1. The summed E-state index contributed by atoms with van der Waals surface area (Å²) in [5.41, 5.74) is 6.64. The van der Waals surface area contributed by atoms with Crippen LogP contribution in [0.25, 0.3) is 0 Å². The zero-order chi connectivity index (χ0) is 13.8. The molecule has 102 valence electrons. The molecular weight excluding hydrogens is 238 g/mol. The van der Waals surface area contributed by atoms with Crippen LogP contribution in [0.4, 0.5) is 0 Å². The van der Waals surface area contributed by atoms with Crippen LogP contribution in [0.1, 0.15) is 35.5 Å². The van der Waals surface area contributed by atoms with E-state index in [-0.39, 0.29) is 6.04 Å². The molecule has 2 rings (SSSR count). The number of hydrogen-bond acceptors (Lipinski definition) is 4. The van der Waals surface area contributed by atoms with Crippen LogP contribution in [0.2, 0.25) is 0 Å². The van der Waals surface area contributed by atoms with Crippen molar-refractivity contribution < 1.29 is 0 Å². The van der Waals surface area contributed by atoms with Crippen LogP contribution in [0, 0.1) is 13.8 Å². The predicted octanol–water partition coefficient (Wildman–Crippen LogP) is 1.66. The van der Waals surface area contributed by atoms with E-state index in [1.165, 1.54) is 16.7 Å². The van der Waals surface area contributed by atoms with Crippen molar-refractivity contribution in [2.45, 2.75) is 39.8 Å². The lowest BCUT2D eigenvalue weighted by Crippen LogP contribution is -2.31. The van der Waals surface area contributed by atoms with Gasteiger partial charge in [-0.25, -0.2) is 4.98 Å². The molecule has 1 heterocycles. The van der Waals surface area contributed by atoms with Crippen LogP contribution in [-0.2, 0) is 13.0 Å². The third kappa shape index (κ3) is 2.83. The molecule has 1 aromatic heterocycles. The Morgan fingerprint density at radius 2 is 2.00 bits per heavy atom. The molecule has 1 atom stereocenters. The highest BCUT2D eigenvalue weighted by Gasteiger charge is 2.17. The first kappa shape index (κ1) is 13.7. The number of aryl methyl sites for hydroxylation is 3. The Morgan fingerprint density at radius 3 is 2.58 bits per heavy atom. The molecule has 0 aliphatic rings. The SMILES string of the molecule is CCn1ncnc1CC(NN)c1c(C)cccc1C. The first-order chi connectivity index (χ1) is 9.17. The highest BCUT2D eigenvalue weighted by atomic mass is 15.3. The fourth-order valence-electron chi connectivity index (χ4n) is 2.51. The molecule has 2 aromatic rings. The van der Waals surface area contributed by atoms with Crippen molar-refractivity contribution in [3.8, 4) is 0 Å². The van der Waals surface area contributed by atoms with Gasteiger partial charge in [0, 0.05) is 13.0 Å². The summed E-state index contributed by atoms with van der Waals surface area (Å²) >= 11 is 0. The zero-order valence-electron chi connectivity index (χ0n) is 11.7. The van der Waals surface area contributed by atoms with Crippen LogP contribution in [0.5, 0.6) is 0 Å². The van der Waals surface area contributed by atoms with E-state index in [9.17, 15) is 0 Å². The number of aromatic nitrogens is 3. The summed E-state index contributed by atoms with van der Waals surface area (Å²) in [5, 5.41) is 4.20. The Balaban J connectivity index is 2.30. The molecule has 0 saturated heterocycles. The lowest BCUT2D eigenvalue weighted by atomic mass is 9.94. The standard InChI is InChI=1S/C14H21N5/c1-4-19-13(16-9-17-19)8-12(18-15)14-10(2)6-5-7-11(14)3/h5-7,9,12,18H,4,8,15H2,1-3H3. The predicted molar refractivity (Wildman–Crippen MR) is 75.4 cm³/mol. The van der Waals surface area contributed by atoms with E-state index in [4.69, 9.17) is 5.84 Å².